The van der Waals surface area contributed by atoms with E-state index in [4.69, 9.17) is 5.11 Å². The van der Waals surface area contributed by atoms with Gasteiger partial charge in [-0.1, -0.05) is 44.2 Å². The van der Waals surface area contributed by atoms with Crippen molar-refractivity contribution in [3.05, 3.63) is 52.0 Å². The number of aliphatic carboxylic acids is 1. The first-order valence-electron chi connectivity index (χ1n) is 7.45. The van der Waals surface area contributed by atoms with Gasteiger partial charge in [0.15, 0.2) is 0 Å². The first kappa shape index (κ1) is 17.1. The number of carbonyl (C=O) groups excluding carboxylic acids is 1. The fraction of sp³-hybridized carbons (Fsp3) is 0.353. The Kier molecular flexibility index (Phi) is 5.87. The Labute approximate surface area is 139 Å². The lowest BCUT2D eigenvalue weighted by Gasteiger charge is -2.17. The predicted molar refractivity (Wildman–Crippen MR) is 89.5 cm³/mol. The summed E-state index contributed by atoms with van der Waals surface area (Å²) in [4.78, 5) is 27.6. The van der Waals surface area contributed by atoms with Crippen molar-refractivity contribution in [1.29, 1.82) is 0 Å². The normalized spacial score (nSPS) is 12.1. The molecule has 122 valence electrons. The molecule has 2 aromatic rings. The maximum atomic E-state index is 12.0. The van der Waals surface area contributed by atoms with E-state index in [0.717, 1.165) is 11.4 Å². The quantitative estimate of drug-likeness (QED) is 0.816. The maximum absolute atomic E-state index is 12.0. The molecule has 0 unspecified atom stereocenters. The van der Waals surface area contributed by atoms with Crippen LogP contribution in [0.3, 0.4) is 0 Å². The highest BCUT2D eigenvalue weighted by atomic mass is 32.1. The van der Waals surface area contributed by atoms with E-state index in [0.29, 0.717) is 5.69 Å². The van der Waals surface area contributed by atoms with Crippen LogP contribution in [0.15, 0.2) is 35.7 Å². The largest absolute Gasteiger partial charge is 0.480 e. The van der Waals surface area contributed by atoms with Crippen molar-refractivity contribution >= 4 is 23.2 Å². The zero-order valence-electron chi connectivity index (χ0n) is 13.2. The van der Waals surface area contributed by atoms with Crippen LogP contribution in [-0.2, 0) is 22.4 Å². The number of carboxylic acids is 1. The van der Waals surface area contributed by atoms with Gasteiger partial charge in [0, 0.05) is 11.8 Å². The molecule has 0 aliphatic heterocycles. The second-order valence-electron chi connectivity index (χ2n) is 5.70. The van der Waals surface area contributed by atoms with Crippen LogP contribution in [0.1, 0.15) is 30.1 Å². The predicted octanol–water partition coefficient (Wildman–Crippen LogP) is 2.50. The molecule has 1 atom stereocenters. The van der Waals surface area contributed by atoms with Gasteiger partial charge in [0.25, 0.3) is 0 Å². The summed E-state index contributed by atoms with van der Waals surface area (Å²) in [7, 11) is 0. The number of nitrogens with one attached hydrogen (secondary N) is 1. The van der Waals surface area contributed by atoms with Crippen LogP contribution in [0.4, 0.5) is 0 Å². The first-order valence-corrected chi connectivity index (χ1v) is 8.33. The van der Waals surface area contributed by atoms with Gasteiger partial charge in [0.2, 0.25) is 5.91 Å². The highest BCUT2D eigenvalue weighted by molar-refractivity contribution is 7.09. The average molecular weight is 332 g/mol. The molecule has 5 nitrogen and oxygen atoms in total. The summed E-state index contributed by atoms with van der Waals surface area (Å²) in [6, 6.07) is 9.13. The second kappa shape index (κ2) is 7.87. The molecule has 2 N–H and O–H groups in total. The van der Waals surface area contributed by atoms with Crippen LogP contribution < -0.4 is 5.32 Å². The van der Waals surface area contributed by atoms with E-state index in [1.807, 2.05) is 35.7 Å². The molecule has 0 bridgehead atoms. The number of nitrogens with zero attached hydrogens (tertiary/aromatic N) is 1. The third-order valence-corrected chi connectivity index (χ3v) is 4.29. The zero-order valence-corrected chi connectivity index (χ0v) is 14.0. The molecule has 23 heavy (non-hydrogen) atoms. The maximum Gasteiger partial charge on any atom is 0.326 e. The minimum atomic E-state index is -1.02. The van der Waals surface area contributed by atoms with Crippen molar-refractivity contribution < 1.29 is 14.7 Å². The number of thiazole rings is 1. The zero-order chi connectivity index (χ0) is 16.8. The van der Waals surface area contributed by atoms with E-state index < -0.39 is 12.0 Å². The standard InChI is InChI=1S/C17H20N2O3S/c1-11(2)16(17(21)22)19-14(20)9-13-10-23-15(18-13)8-12-6-4-3-5-7-12/h3-7,10-11,16H,8-9H2,1-2H3,(H,19,20)(H,21,22)/t16-/m1/s1. The third-order valence-electron chi connectivity index (χ3n) is 3.39. The molecule has 0 radical (unpaired) electrons. The lowest BCUT2D eigenvalue weighted by molar-refractivity contribution is -0.143. The van der Waals surface area contributed by atoms with Crippen LogP contribution in [0.2, 0.25) is 0 Å². The summed E-state index contributed by atoms with van der Waals surface area (Å²) in [6.07, 6.45) is 0.832. The molecule has 1 heterocycles. The number of hydrogen-bond donors (Lipinski definition) is 2. The Morgan fingerprint density at radius 2 is 1.96 bits per heavy atom. The van der Waals surface area contributed by atoms with E-state index in [-0.39, 0.29) is 18.2 Å². The van der Waals surface area contributed by atoms with Gasteiger partial charge in [-0.2, -0.15) is 0 Å². The molecular formula is C17H20N2O3S. The van der Waals surface area contributed by atoms with Gasteiger partial charge in [-0.05, 0) is 11.5 Å². The van der Waals surface area contributed by atoms with Crippen molar-refractivity contribution in [3.8, 4) is 0 Å². The molecule has 2 rings (SSSR count). The van der Waals surface area contributed by atoms with E-state index in [9.17, 15) is 9.59 Å². The molecule has 0 saturated carbocycles. The SMILES string of the molecule is CC(C)[C@@H](NC(=O)Cc1csc(Cc2ccccc2)n1)C(=O)O. The third kappa shape index (κ3) is 5.17. The minimum Gasteiger partial charge on any atom is -0.480 e. The lowest BCUT2D eigenvalue weighted by atomic mass is 10.0. The Morgan fingerprint density at radius 1 is 1.26 bits per heavy atom. The fourth-order valence-electron chi connectivity index (χ4n) is 2.18. The Bertz CT molecular complexity index is 667. The molecule has 0 saturated heterocycles. The van der Waals surface area contributed by atoms with Crippen LogP contribution in [0.25, 0.3) is 0 Å². The number of carbonyl (C=O) groups is 2. The Hall–Kier alpha value is -2.21. The van der Waals surface area contributed by atoms with Crippen LogP contribution >= 0.6 is 11.3 Å². The van der Waals surface area contributed by atoms with Gasteiger partial charge in [-0.3, -0.25) is 4.79 Å². The highest BCUT2D eigenvalue weighted by Crippen LogP contribution is 2.15. The van der Waals surface area contributed by atoms with E-state index in [1.165, 1.54) is 16.9 Å². The van der Waals surface area contributed by atoms with E-state index in [2.05, 4.69) is 10.3 Å². The van der Waals surface area contributed by atoms with Gasteiger partial charge in [0.05, 0.1) is 17.1 Å². The number of rotatable bonds is 7. The van der Waals surface area contributed by atoms with E-state index >= 15 is 0 Å². The van der Waals surface area contributed by atoms with Crippen molar-refractivity contribution in [2.45, 2.75) is 32.7 Å². The number of hydrogen-bond acceptors (Lipinski definition) is 4. The molecule has 1 amide bonds. The number of benzene rings is 1. The van der Waals surface area contributed by atoms with Crippen molar-refractivity contribution in [2.24, 2.45) is 5.92 Å². The van der Waals surface area contributed by atoms with Gasteiger partial charge in [0.1, 0.15) is 6.04 Å². The molecule has 0 fully saturated rings. The smallest absolute Gasteiger partial charge is 0.326 e. The summed E-state index contributed by atoms with van der Waals surface area (Å²) in [5, 5.41) is 14.4. The molecule has 6 heteroatoms. The summed E-state index contributed by atoms with van der Waals surface area (Å²) in [6.45, 7) is 3.53. The number of aromatic nitrogens is 1. The average Bonchev–Trinajstić information content (AvgIpc) is 2.92. The van der Waals surface area contributed by atoms with Gasteiger partial charge in [-0.15, -0.1) is 11.3 Å². The molecule has 0 spiro atoms. The van der Waals surface area contributed by atoms with E-state index in [1.54, 1.807) is 13.8 Å². The van der Waals surface area contributed by atoms with Gasteiger partial charge in [-0.25, -0.2) is 9.78 Å². The molecule has 0 aliphatic rings. The molecular weight excluding hydrogens is 312 g/mol. The Morgan fingerprint density at radius 3 is 2.57 bits per heavy atom. The minimum absolute atomic E-state index is 0.0990. The summed E-state index contributed by atoms with van der Waals surface area (Å²) in [5.41, 5.74) is 1.84. The van der Waals surface area contributed by atoms with Gasteiger partial charge < -0.3 is 10.4 Å². The lowest BCUT2D eigenvalue weighted by Crippen LogP contribution is -2.44. The topological polar surface area (TPSA) is 79.3 Å². The second-order valence-corrected chi connectivity index (χ2v) is 6.64. The van der Waals surface area contributed by atoms with Crippen molar-refractivity contribution in [3.63, 3.8) is 0 Å². The fourth-order valence-corrected chi connectivity index (χ4v) is 3.01. The van der Waals surface area contributed by atoms with Crippen LogP contribution in [-0.4, -0.2) is 28.0 Å². The highest BCUT2D eigenvalue weighted by Gasteiger charge is 2.23. The number of carboxylic acid groups (broad SMARTS) is 1. The monoisotopic (exact) mass is 332 g/mol. The van der Waals surface area contributed by atoms with Gasteiger partial charge >= 0.3 is 5.97 Å². The number of amides is 1. The van der Waals surface area contributed by atoms with Crippen molar-refractivity contribution in [2.75, 3.05) is 0 Å². The molecule has 1 aromatic heterocycles. The Balaban J connectivity index is 1.93. The summed E-state index contributed by atoms with van der Waals surface area (Å²) in [5.74, 6) is -1.50. The molecule has 0 aliphatic carbocycles. The summed E-state index contributed by atoms with van der Waals surface area (Å²) < 4.78 is 0. The van der Waals surface area contributed by atoms with Crippen LogP contribution in [0, 0.1) is 5.92 Å². The first-order chi connectivity index (χ1) is 11.0. The van der Waals surface area contributed by atoms with Crippen LogP contribution in [0.5, 0.6) is 0 Å². The molecule has 1 aromatic carbocycles. The van der Waals surface area contributed by atoms with Crippen molar-refractivity contribution in [1.82, 2.24) is 10.3 Å². The summed E-state index contributed by atoms with van der Waals surface area (Å²) >= 11 is 1.51.